The molecule has 1 N–H and O–H groups in total. The average molecular weight is 283 g/mol. The van der Waals surface area contributed by atoms with E-state index in [1.54, 1.807) is 6.92 Å². The summed E-state index contributed by atoms with van der Waals surface area (Å²) in [5.41, 5.74) is 4.00. The number of carbonyl (C=O) groups is 1. The maximum atomic E-state index is 12.3. The second-order valence-corrected chi connectivity index (χ2v) is 5.33. The van der Waals surface area contributed by atoms with Gasteiger partial charge >= 0.3 is 0 Å². The van der Waals surface area contributed by atoms with Crippen molar-refractivity contribution < 1.29 is 9.53 Å². The number of nitrogens with one attached hydrogen (secondary N) is 1. The highest BCUT2D eigenvalue weighted by Crippen LogP contribution is 2.20. The van der Waals surface area contributed by atoms with Crippen molar-refractivity contribution in [3.8, 4) is 5.75 Å². The van der Waals surface area contributed by atoms with E-state index in [-0.39, 0.29) is 5.91 Å². The van der Waals surface area contributed by atoms with Gasteiger partial charge in [0.2, 0.25) is 0 Å². The molecular formula is C18H21NO2. The van der Waals surface area contributed by atoms with Crippen LogP contribution in [0.4, 0.5) is 5.69 Å². The molecule has 0 aliphatic heterocycles. The molecule has 0 aromatic heterocycles. The molecule has 0 aliphatic rings. The van der Waals surface area contributed by atoms with Crippen LogP contribution in [0.5, 0.6) is 5.75 Å². The standard InChI is InChI=1S/C18H21NO2/c1-12-9-10-13(2)16(11-12)19-18(20)15(4)21-17-8-6-5-7-14(17)3/h5-11,15H,1-4H3,(H,19,20). The Morgan fingerprint density at radius 3 is 2.48 bits per heavy atom. The Labute approximate surface area is 126 Å². The Morgan fingerprint density at radius 1 is 1.05 bits per heavy atom. The summed E-state index contributed by atoms with van der Waals surface area (Å²) in [7, 11) is 0. The van der Waals surface area contributed by atoms with Gasteiger partial charge in [0.15, 0.2) is 6.10 Å². The number of hydrogen-bond donors (Lipinski definition) is 1. The second kappa shape index (κ2) is 6.44. The van der Waals surface area contributed by atoms with Crippen LogP contribution in [0.2, 0.25) is 0 Å². The molecule has 0 aliphatic carbocycles. The molecule has 0 heterocycles. The Bertz CT molecular complexity index is 649. The molecule has 1 atom stereocenters. The van der Waals surface area contributed by atoms with E-state index in [0.29, 0.717) is 0 Å². The quantitative estimate of drug-likeness (QED) is 0.920. The first-order valence-corrected chi connectivity index (χ1v) is 7.08. The van der Waals surface area contributed by atoms with Crippen LogP contribution in [0.1, 0.15) is 23.6 Å². The van der Waals surface area contributed by atoms with Crippen LogP contribution in [0.25, 0.3) is 0 Å². The largest absolute Gasteiger partial charge is 0.481 e. The summed E-state index contributed by atoms with van der Waals surface area (Å²) in [5, 5.41) is 2.93. The molecule has 0 saturated carbocycles. The Balaban J connectivity index is 2.06. The molecule has 0 spiro atoms. The summed E-state index contributed by atoms with van der Waals surface area (Å²) in [4.78, 5) is 12.3. The third-order valence-electron chi connectivity index (χ3n) is 3.42. The van der Waals surface area contributed by atoms with Crippen molar-refractivity contribution in [1.82, 2.24) is 0 Å². The highest BCUT2D eigenvalue weighted by atomic mass is 16.5. The molecule has 110 valence electrons. The minimum atomic E-state index is -0.550. The molecule has 3 nitrogen and oxygen atoms in total. The minimum Gasteiger partial charge on any atom is -0.481 e. The van der Waals surface area contributed by atoms with Crippen LogP contribution in [0.15, 0.2) is 42.5 Å². The number of para-hydroxylation sites is 1. The van der Waals surface area contributed by atoms with Gasteiger partial charge in [-0.1, -0.05) is 30.3 Å². The summed E-state index contributed by atoms with van der Waals surface area (Å²) in [6.07, 6.45) is -0.550. The molecule has 21 heavy (non-hydrogen) atoms. The summed E-state index contributed by atoms with van der Waals surface area (Å²) in [6, 6.07) is 13.7. The van der Waals surface area contributed by atoms with Gasteiger partial charge in [-0.3, -0.25) is 4.79 Å². The van der Waals surface area contributed by atoms with Gasteiger partial charge in [-0.05, 0) is 56.5 Å². The predicted octanol–water partition coefficient (Wildman–Crippen LogP) is 4.02. The molecule has 1 unspecified atom stereocenters. The van der Waals surface area contributed by atoms with E-state index in [1.165, 1.54) is 0 Å². The lowest BCUT2D eigenvalue weighted by atomic mass is 10.1. The monoisotopic (exact) mass is 283 g/mol. The number of aryl methyl sites for hydroxylation is 3. The van der Waals surface area contributed by atoms with E-state index in [0.717, 1.165) is 28.1 Å². The van der Waals surface area contributed by atoms with Crippen molar-refractivity contribution in [1.29, 1.82) is 0 Å². The third kappa shape index (κ3) is 3.85. The van der Waals surface area contributed by atoms with Crippen molar-refractivity contribution in [2.75, 3.05) is 5.32 Å². The Morgan fingerprint density at radius 2 is 1.76 bits per heavy atom. The summed E-state index contributed by atoms with van der Waals surface area (Å²) >= 11 is 0. The fourth-order valence-electron chi connectivity index (χ4n) is 2.04. The Hall–Kier alpha value is -2.29. The van der Waals surface area contributed by atoms with Crippen molar-refractivity contribution in [3.05, 3.63) is 59.2 Å². The van der Waals surface area contributed by atoms with Crippen molar-refractivity contribution in [2.45, 2.75) is 33.8 Å². The smallest absolute Gasteiger partial charge is 0.265 e. The molecule has 1 amide bonds. The van der Waals surface area contributed by atoms with Crippen LogP contribution in [0.3, 0.4) is 0 Å². The van der Waals surface area contributed by atoms with E-state index >= 15 is 0 Å². The zero-order chi connectivity index (χ0) is 15.4. The fraction of sp³-hybridized carbons (Fsp3) is 0.278. The maximum absolute atomic E-state index is 12.3. The summed E-state index contributed by atoms with van der Waals surface area (Å²) < 4.78 is 5.74. The molecule has 2 aromatic rings. The zero-order valence-electron chi connectivity index (χ0n) is 12.9. The number of carbonyl (C=O) groups excluding carboxylic acids is 1. The second-order valence-electron chi connectivity index (χ2n) is 5.33. The lowest BCUT2D eigenvalue weighted by Gasteiger charge is -2.17. The number of benzene rings is 2. The molecule has 0 saturated heterocycles. The topological polar surface area (TPSA) is 38.3 Å². The molecule has 0 radical (unpaired) electrons. The predicted molar refractivity (Wildman–Crippen MR) is 85.8 cm³/mol. The van der Waals surface area contributed by atoms with E-state index in [9.17, 15) is 4.79 Å². The molecule has 0 fully saturated rings. The lowest BCUT2D eigenvalue weighted by Crippen LogP contribution is -2.30. The number of hydrogen-bond acceptors (Lipinski definition) is 2. The molecular weight excluding hydrogens is 262 g/mol. The fourth-order valence-corrected chi connectivity index (χ4v) is 2.04. The highest BCUT2D eigenvalue weighted by molar-refractivity contribution is 5.94. The van der Waals surface area contributed by atoms with Gasteiger partial charge in [0.1, 0.15) is 5.75 Å². The van der Waals surface area contributed by atoms with Crippen molar-refractivity contribution in [3.63, 3.8) is 0 Å². The van der Waals surface area contributed by atoms with Gasteiger partial charge in [-0.2, -0.15) is 0 Å². The highest BCUT2D eigenvalue weighted by Gasteiger charge is 2.16. The maximum Gasteiger partial charge on any atom is 0.265 e. The molecule has 2 rings (SSSR count). The van der Waals surface area contributed by atoms with Gasteiger partial charge in [0.25, 0.3) is 5.91 Å². The van der Waals surface area contributed by atoms with E-state index in [1.807, 2.05) is 63.2 Å². The third-order valence-corrected chi connectivity index (χ3v) is 3.42. The number of rotatable bonds is 4. The molecule has 2 aromatic carbocycles. The average Bonchev–Trinajstić information content (AvgIpc) is 2.45. The van der Waals surface area contributed by atoms with Crippen LogP contribution in [-0.4, -0.2) is 12.0 Å². The lowest BCUT2D eigenvalue weighted by molar-refractivity contribution is -0.122. The summed E-state index contributed by atoms with van der Waals surface area (Å²) in [6.45, 7) is 7.70. The van der Waals surface area contributed by atoms with Crippen LogP contribution >= 0.6 is 0 Å². The van der Waals surface area contributed by atoms with Crippen LogP contribution in [0, 0.1) is 20.8 Å². The zero-order valence-corrected chi connectivity index (χ0v) is 12.9. The van der Waals surface area contributed by atoms with Gasteiger partial charge in [0, 0.05) is 5.69 Å². The normalized spacial score (nSPS) is 11.8. The van der Waals surface area contributed by atoms with E-state index in [4.69, 9.17) is 4.74 Å². The number of anilines is 1. The first kappa shape index (κ1) is 15.1. The van der Waals surface area contributed by atoms with Gasteiger partial charge in [-0.15, -0.1) is 0 Å². The Kier molecular flexibility index (Phi) is 4.63. The first-order chi connectivity index (χ1) is 9.97. The molecule has 0 bridgehead atoms. The summed E-state index contributed by atoms with van der Waals surface area (Å²) in [5.74, 6) is 0.591. The minimum absolute atomic E-state index is 0.146. The van der Waals surface area contributed by atoms with Crippen LogP contribution < -0.4 is 10.1 Å². The van der Waals surface area contributed by atoms with Gasteiger partial charge in [0.05, 0.1) is 0 Å². The van der Waals surface area contributed by atoms with Gasteiger partial charge < -0.3 is 10.1 Å². The van der Waals surface area contributed by atoms with Crippen molar-refractivity contribution >= 4 is 11.6 Å². The first-order valence-electron chi connectivity index (χ1n) is 7.08. The van der Waals surface area contributed by atoms with Crippen molar-refractivity contribution in [2.24, 2.45) is 0 Å². The molecule has 3 heteroatoms. The van der Waals surface area contributed by atoms with Crippen LogP contribution in [-0.2, 0) is 4.79 Å². The SMILES string of the molecule is Cc1ccc(C)c(NC(=O)C(C)Oc2ccccc2C)c1. The van der Waals surface area contributed by atoms with E-state index in [2.05, 4.69) is 5.32 Å². The van der Waals surface area contributed by atoms with E-state index < -0.39 is 6.10 Å². The number of amides is 1. The number of ether oxygens (including phenoxy) is 1. The van der Waals surface area contributed by atoms with Gasteiger partial charge in [-0.25, -0.2) is 0 Å².